The molecule has 0 atom stereocenters. The molecule has 0 saturated heterocycles. The van der Waals surface area contributed by atoms with Crippen LogP contribution >= 0.6 is 0 Å². The van der Waals surface area contributed by atoms with E-state index in [4.69, 9.17) is 0 Å². The molecule has 0 fully saturated rings. The third-order valence-corrected chi connectivity index (χ3v) is 2.42. The Morgan fingerprint density at radius 1 is 0.867 bits per heavy atom. The summed E-state index contributed by atoms with van der Waals surface area (Å²) in [6.45, 7) is 1.07. The molecule has 2 nitrogen and oxygen atoms in total. The molecule has 0 aromatic rings. The molecule has 0 heterocycles. The molecule has 2 heteroatoms. The Hall–Kier alpha value is -0.630. The predicted molar refractivity (Wildman–Crippen MR) is 66.1 cm³/mol. The summed E-state index contributed by atoms with van der Waals surface area (Å²) in [5.74, 6) is 0. The SMILES string of the molecule is CNCC/C=C\CCCCCCCC=O. The number of hydrogen-bond acceptors (Lipinski definition) is 2. The van der Waals surface area contributed by atoms with Crippen LogP contribution in [0.4, 0.5) is 0 Å². The van der Waals surface area contributed by atoms with Crippen LogP contribution in [-0.4, -0.2) is 19.9 Å². The Morgan fingerprint density at radius 3 is 2.13 bits per heavy atom. The van der Waals surface area contributed by atoms with Crippen molar-refractivity contribution >= 4 is 6.29 Å². The highest BCUT2D eigenvalue weighted by atomic mass is 16.1. The molecule has 0 amide bonds. The third-order valence-electron chi connectivity index (χ3n) is 2.42. The summed E-state index contributed by atoms with van der Waals surface area (Å²) in [6, 6.07) is 0. The highest BCUT2D eigenvalue weighted by Gasteiger charge is 1.89. The fourth-order valence-corrected chi connectivity index (χ4v) is 1.48. The van der Waals surface area contributed by atoms with E-state index in [-0.39, 0.29) is 0 Å². The second-order valence-electron chi connectivity index (χ2n) is 3.88. The number of rotatable bonds is 11. The smallest absolute Gasteiger partial charge is 0.119 e. The molecule has 0 aromatic heterocycles. The standard InChI is InChI=1S/C13H25NO/c1-14-12-10-8-6-4-2-3-5-7-9-11-13-15/h6,8,13-14H,2-5,7,9-12H2,1H3/b8-6-. The van der Waals surface area contributed by atoms with E-state index in [0.717, 1.165) is 32.1 Å². The van der Waals surface area contributed by atoms with Crippen LogP contribution in [-0.2, 0) is 4.79 Å². The number of aldehydes is 1. The monoisotopic (exact) mass is 211 g/mol. The summed E-state index contributed by atoms with van der Waals surface area (Å²) in [4.78, 5) is 10.1. The van der Waals surface area contributed by atoms with Crippen molar-refractivity contribution in [1.29, 1.82) is 0 Å². The quantitative estimate of drug-likeness (QED) is 0.323. The Labute approximate surface area is 94.1 Å². The Morgan fingerprint density at radius 2 is 1.47 bits per heavy atom. The average Bonchev–Trinajstić information content (AvgIpc) is 2.26. The largest absolute Gasteiger partial charge is 0.319 e. The van der Waals surface area contributed by atoms with Gasteiger partial charge in [0.2, 0.25) is 0 Å². The zero-order valence-electron chi connectivity index (χ0n) is 10.0. The van der Waals surface area contributed by atoms with E-state index in [9.17, 15) is 4.79 Å². The maximum absolute atomic E-state index is 10.1. The van der Waals surface area contributed by atoms with E-state index < -0.39 is 0 Å². The van der Waals surface area contributed by atoms with E-state index in [1.165, 1.54) is 32.1 Å². The maximum Gasteiger partial charge on any atom is 0.119 e. The van der Waals surface area contributed by atoms with Gasteiger partial charge in [-0.05, 0) is 39.3 Å². The predicted octanol–water partition coefficient (Wildman–Crippen LogP) is 3.08. The lowest BCUT2D eigenvalue weighted by Crippen LogP contribution is -2.05. The first-order valence-corrected chi connectivity index (χ1v) is 6.15. The first-order valence-electron chi connectivity index (χ1n) is 6.15. The van der Waals surface area contributed by atoms with Crippen LogP contribution in [0.1, 0.15) is 51.4 Å². The number of carbonyl (C=O) groups excluding carboxylic acids is 1. The Bertz CT molecular complexity index is 155. The van der Waals surface area contributed by atoms with Gasteiger partial charge in [0.25, 0.3) is 0 Å². The topological polar surface area (TPSA) is 29.1 Å². The van der Waals surface area contributed by atoms with E-state index >= 15 is 0 Å². The minimum absolute atomic E-state index is 0.740. The molecule has 0 aliphatic heterocycles. The van der Waals surface area contributed by atoms with Crippen LogP contribution < -0.4 is 5.32 Å². The molecule has 0 rings (SSSR count). The molecule has 15 heavy (non-hydrogen) atoms. The second-order valence-corrected chi connectivity index (χ2v) is 3.88. The van der Waals surface area contributed by atoms with Crippen LogP contribution in [0.2, 0.25) is 0 Å². The van der Waals surface area contributed by atoms with E-state index in [0.29, 0.717) is 0 Å². The van der Waals surface area contributed by atoms with E-state index in [1.54, 1.807) is 0 Å². The van der Waals surface area contributed by atoms with Gasteiger partial charge in [-0.1, -0.05) is 31.4 Å². The second kappa shape index (κ2) is 13.4. The van der Waals surface area contributed by atoms with Crippen molar-refractivity contribution in [1.82, 2.24) is 5.32 Å². The van der Waals surface area contributed by atoms with Gasteiger partial charge in [0.1, 0.15) is 6.29 Å². The minimum Gasteiger partial charge on any atom is -0.319 e. The number of carbonyl (C=O) groups is 1. The molecular weight excluding hydrogens is 186 g/mol. The summed E-state index contributed by atoms with van der Waals surface area (Å²) >= 11 is 0. The molecule has 0 spiro atoms. The fraction of sp³-hybridized carbons (Fsp3) is 0.769. The number of unbranched alkanes of at least 4 members (excludes halogenated alkanes) is 6. The van der Waals surface area contributed by atoms with Crippen LogP contribution in [0, 0.1) is 0 Å². The van der Waals surface area contributed by atoms with Gasteiger partial charge >= 0.3 is 0 Å². The first kappa shape index (κ1) is 14.4. The van der Waals surface area contributed by atoms with Crippen molar-refractivity contribution < 1.29 is 4.79 Å². The highest BCUT2D eigenvalue weighted by Crippen LogP contribution is 2.06. The van der Waals surface area contributed by atoms with Crippen molar-refractivity contribution in [3.05, 3.63) is 12.2 Å². The number of nitrogens with one attached hydrogen (secondary N) is 1. The molecule has 0 bridgehead atoms. The first-order chi connectivity index (χ1) is 7.41. The molecule has 1 N–H and O–H groups in total. The molecule has 0 aromatic carbocycles. The molecule has 0 aliphatic rings. The summed E-state index contributed by atoms with van der Waals surface area (Å²) in [5, 5.41) is 3.12. The van der Waals surface area contributed by atoms with Crippen molar-refractivity contribution in [2.24, 2.45) is 0 Å². The summed E-state index contributed by atoms with van der Waals surface area (Å²) < 4.78 is 0. The van der Waals surface area contributed by atoms with Gasteiger partial charge in [-0.25, -0.2) is 0 Å². The fourth-order valence-electron chi connectivity index (χ4n) is 1.48. The van der Waals surface area contributed by atoms with Crippen LogP contribution in [0.3, 0.4) is 0 Å². The highest BCUT2D eigenvalue weighted by molar-refractivity contribution is 5.48. The summed E-state index contributed by atoms with van der Waals surface area (Å²) in [7, 11) is 1.98. The molecule has 88 valence electrons. The van der Waals surface area contributed by atoms with Crippen LogP contribution in [0.25, 0.3) is 0 Å². The van der Waals surface area contributed by atoms with Gasteiger partial charge in [-0.15, -0.1) is 0 Å². The zero-order chi connectivity index (χ0) is 11.2. The van der Waals surface area contributed by atoms with Crippen molar-refractivity contribution in [3.8, 4) is 0 Å². The molecule has 0 saturated carbocycles. The van der Waals surface area contributed by atoms with Gasteiger partial charge < -0.3 is 10.1 Å². The molecule has 0 aliphatic carbocycles. The minimum atomic E-state index is 0.740. The van der Waals surface area contributed by atoms with Crippen molar-refractivity contribution in [2.45, 2.75) is 51.4 Å². The number of hydrogen-bond donors (Lipinski definition) is 1. The lowest BCUT2D eigenvalue weighted by molar-refractivity contribution is -0.107. The molecular formula is C13H25NO. The summed E-state index contributed by atoms with van der Waals surface area (Å²) in [6.07, 6.45) is 14.8. The van der Waals surface area contributed by atoms with Crippen molar-refractivity contribution in [3.63, 3.8) is 0 Å². The molecule has 0 unspecified atom stereocenters. The van der Waals surface area contributed by atoms with Crippen molar-refractivity contribution in [2.75, 3.05) is 13.6 Å². The zero-order valence-corrected chi connectivity index (χ0v) is 10.0. The van der Waals surface area contributed by atoms with Gasteiger partial charge in [-0.2, -0.15) is 0 Å². The lowest BCUT2D eigenvalue weighted by atomic mass is 10.1. The Kier molecular flexibility index (Phi) is 12.8. The molecule has 0 radical (unpaired) electrons. The van der Waals surface area contributed by atoms with Gasteiger partial charge in [0, 0.05) is 6.42 Å². The van der Waals surface area contributed by atoms with Gasteiger partial charge in [0.15, 0.2) is 0 Å². The van der Waals surface area contributed by atoms with E-state index in [1.807, 2.05) is 7.05 Å². The lowest BCUT2D eigenvalue weighted by Gasteiger charge is -1.97. The van der Waals surface area contributed by atoms with Gasteiger partial charge in [0.05, 0.1) is 0 Å². The Balaban J connectivity index is 2.97. The third kappa shape index (κ3) is 13.4. The van der Waals surface area contributed by atoms with Crippen LogP contribution in [0.15, 0.2) is 12.2 Å². The normalized spacial score (nSPS) is 11.0. The number of allylic oxidation sites excluding steroid dienone is 1. The van der Waals surface area contributed by atoms with Crippen LogP contribution in [0.5, 0.6) is 0 Å². The van der Waals surface area contributed by atoms with E-state index in [2.05, 4.69) is 17.5 Å². The summed E-state index contributed by atoms with van der Waals surface area (Å²) in [5.41, 5.74) is 0. The van der Waals surface area contributed by atoms with Gasteiger partial charge in [-0.3, -0.25) is 0 Å². The average molecular weight is 211 g/mol. The maximum atomic E-state index is 10.1.